The smallest absolute Gasteiger partial charge is 0.306 e. The summed E-state index contributed by atoms with van der Waals surface area (Å²) >= 11 is 0. The monoisotopic (exact) mass is 502 g/mol. The quantitative estimate of drug-likeness (QED) is 0.378. The Bertz CT molecular complexity index is 1670. The second kappa shape index (κ2) is 8.65. The minimum absolute atomic E-state index is 0.323. The molecule has 37 heavy (non-hydrogen) atoms. The number of fused-ring (bicyclic) bond motifs is 2. The molecule has 0 spiro atoms. The van der Waals surface area contributed by atoms with Gasteiger partial charge in [-0.15, -0.1) is 0 Å². The molecule has 10 heteroatoms. The molecule has 5 aromatic rings. The molecule has 4 heterocycles. The van der Waals surface area contributed by atoms with Crippen molar-refractivity contribution >= 4 is 33.6 Å². The lowest BCUT2D eigenvalue weighted by Gasteiger charge is -2.31. The van der Waals surface area contributed by atoms with Gasteiger partial charge in [0.1, 0.15) is 17.3 Å². The Hall–Kier alpha value is -4.34. The predicted octanol–water partition coefficient (Wildman–Crippen LogP) is 4.86. The Kier molecular flexibility index (Phi) is 5.40. The minimum Gasteiger partial charge on any atom is -0.481 e. The lowest BCUT2D eigenvalue weighted by molar-refractivity contribution is -0.142. The standard InChI is InChI=1S/C27H24F2N6O2/c1-15-20(28)8-7-19-24(18-4-3-5-21-23(18)26(29)33(2)31-21)32-35(25(15)19)17-6-9-22(30-14-17)34-12-10-16(11-13-34)27(36)37/h3-9,14,16H,10-13H2,1-2H3,(H,36,37). The third kappa shape index (κ3) is 3.71. The van der Waals surface area contributed by atoms with Gasteiger partial charge >= 0.3 is 5.97 Å². The second-order valence-electron chi connectivity index (χ2n) is 9.42. The molecule has 6 rings (SSSR count). The van der Waals surface area contributed by atoms with Crippen molar-refractivity contribution in [2.24, 2.45) is 13.0 Å². The minimum atomic E-state index is -0.756. The van der Waals surface area contributed by atoms with Gasteiger partial charge in [-0.3, -0.25) is 4.79 Å². The Labute approximate surface area is 210 Å². The van der Waals surface area contributed by atoms with Crippen molar-refractivity contribution in [3.05, 3.63) is 66.0 Å². The van der Waals surface area contributed by atoms with Crippen molar-refractivity contribution in [3.63, 3.8) is 0 Å². The van der Waals surface area contributed by atoms with Crippen molar-refractivity contribution in [2.75, 3.05) is 18.0 Å². The predicted molar refractivity (Wildman–Crippen MR) is 136 cm³/mol. The Morgan fingerprint density at radius 1 is 1.05 bits per heavy atom. The topological polar surface area (TPSA) is 89.1 Å². The van der Waals surface area contributed by atoms with Crippen molar-refractivity contribution < 1.29 is 18.7 Å². The van der Waals surface area contributed by atoms with Gasteiger partial charge in [0.25, 0.3) is 0 Å². The van der Waals surface area contributed by atoms with E-state index in [1.807, 2.05) is 12.1 Å². The van der Waals surface area contributed by atoms with Crippen LogP contribution in [0.2, 0.25) is 0 Å². The highest BCUT2D eigenvalue weighted by Gasteiger charge is 2.26. The Balaban J connectivity index is 1.45. The summed E-state index contributed by atoms with van der Waals surface area (Å²) in [6.45, 7) is 2.92. The van der Waals surface area contributed by atoms with Crippen LogP contribution < -0.4 is 4.90 Å². The van der Waals surface area contributed by atoms with Crippen LogP contribution in [0.15, 0.2) is 48.7 Å². The molecule has 1 N–H and O–H groups in total. The third-order valence-corrected chi connectivity index (χ3v) is 7.22. The molecule has 0 unspecified atom stereocenters. The number of nitrogens with zero attached hydrogens (tertiary/aromatic N) is 6. The van der Waals surface area contributed by atoms with Crippen LogP contribution in [-0.4, -0.2) is 48.7 Å². The molecule has 8 nitrogen and oxygen atoms in total. The van der Waals surface area contributed by atoms with Gasteiger partial charge in [-0.05, 0) is 50.1 Å². The van der Waals surface area contributed by atoms with Gasteiger partial charge < -0.3 is 10.0 Å². The number of hydrogen-bond donors (Lipinski definition) is 1. The van der Waals surface area contributed by atoms with Gasteiger partial charge in [0.2, 0.25) is 5.95 Å². The fraction of sp³-hybridized carbons (Fsp3) is 0.259. The van der Waals surface area contributed by atoms with Crippen LogP contribution in [0.3, 0.4) is 0 Å². The van der Waals surface area contributed by atoms with Crippen molar-refractivity contribution in [2.45, 2.75) is 19.8 Å². The van der Waals surface area contributed by atoms with Crippen LogP contribution in [0, 0.1) is 24.6 Å². The lowest BCUT2D eigenvalue weighted by atomic mass is 9.97. The van der Waals surface area contributed by atoms with Crippen LogP contribution in [0.5, 0.6) is 0 Å². The number of aryl methyl sites for hydroxylation is 2. The van der Waals surface area contributed by atoms with Gasteiger partial charge in [0.05, 0.1) is 34.2 Å². The maximum atomic E-state index is 15.0. The molecular formula is C27H24F2N6O2. The fourth-order valence-electron chi connectivity index (χ4n) is 5.18. The highest BCUT2D eigenvalue weighted by atomic mass is 19.1. The number of aliphatic carboxylic acids is 1. The van der Waals surface area contributed by atoms with E-state index in [1.54, 1.807) is 49.1 Å². The summed E-state index contributed by atoms with van der Waals surface area (Å²) in [6, 6.07) is 12.1. The van der Waals surface area contributed by atoms with Crippen LogP contribution in [0.1, 0.15) is 18.4 Å². The third-order valence-electron chi connectivity index (χ3n) is 7.22. The van der Waals surface area contributed by atoms with E-state index in [2.05, 4.69) is 15.0 Å². The number of rotatable bonds is 4. The molecule has 2 aromatic carbocycles. The molecular weight excluding hydrogens is 478 g/mol. The number of aromatic nitrogens is 5. The highest BCUT2D eigenvalue weighted by molar-refractivity contribution is 6.03. The van der Waals surface area contributed by atoms with Crippen LogP contribution in [-0.2, 0) is 11.8 Å². The maximum Gasteiger partial charge on any atom is 0.306 e. The first-order valence-corrected chi connectivity index (χ1v) is 12.1. The van der Waals surface area contributed by atoms with Crippen LogP contribution in [0.4, 0.5) is 14.6 Å². The number of halogens is 2. The molecule has 0 atom stereocenters. The van der Waals surface area contributed by atoms with E-state index >= 15 is 4.39 Å². The van der Waals surface area contributed by atoms with E-state index in [0.717, 1.165) is 5.82 Å². The summed E-state index contributed by atoms with van der Waals surface area (Å²) < 4.78 is 32.6. The molecule has 1 aliphatic rings. The number of carboxylic acids is 1. The number of benzene rings is 2. The summed E-state index contributed by atoms with van der Waals surface area (Å²) in [5, 5.41) is 19.4. The average molecular weight is 503 g/mol. The van der Waals surface area contributed by atoms with E-state index in [-0.39, 0.29) is 11.7 Å². The molecule has 188 valence electrons. The highest BCUT2D eigenvalue weighted by Crippen LogP contribution is 2.37. The van der Waals surface area contributed by atoms with Crippen molar-refractivity contribution in [1.82, 2.24) is 24.5 Å². The number of carbonyl (C=O) groups is 1. The number of pyridine rings is 1. The van der Waals surface area contributed by atoms with E-state index in [0.29, 0.717) is 70.2 Å². The van der Waals surface area contributed by atoms with Crippen molar-refractivity contribution in [3.8, 4) is 16.9 Å². The molecule has 1 aliphatic heterocycles. The van der Waals surface area contributed by atoms with E-state index in [9.17, 15) is 14.3 Å². The fourth-order valence-corrected chi connectivity index (χ4v) is 5.18. The largest absolute Gasteiger partial charge is 0.481 e. The zero-order valence-corrected chi connectivity index (χ0v) is 20.3. The Morgan fingerprint density at radius 2 is 1.84 bits per heavy atom. The SMILES string of the molecule is Cc1c(F)ccc2c(-c3cccc4nn(C)c(F)c34)nn(-c3ccc(N4CCC(C(=O)O)CC4)nc3)c12. The van der Waals surface area contributed by atoms with Gasteiger partial charge in [0.15, 0.2) is 0 Å². The molecule has 0 radical (unpaired) electrons. The van der Waals surface area contributed by atoms with Gasteiger partial charge in [-0.1, -0.05) is 12.1 Å². The second-order valence-corrected chi connectivity index (χ2v) is 9.42. The van der Waals surface area contributed by atoms with Crippen molar-refractivity contribution in [1.29, 1.82) is 0 Å². The zero-order valence-electron chi connectivity index (χ0n) is 20.3. The molecule has 0 amide bonds. The molecule has 1 fully saturated rings. The summed E-state index contributed by atoms with van der Waals surface area (Å²) in [6.07, 6.45) is 2.81. The van der Waals surface area contributed by atoms with Crippen LogP contribution in [0.25, 0.3) is 38.8 Å². The van der Waals surface area contributed by atoms with Gasteiger partial charge in [-0.2, -0.15) is 14.6 Å². The first-order valence-electron chi connectivity index (χ1n) is 12.1. The van der Waals surface area contributed by atoms with E-state index in [4.69, 9.17) is 5.10 Å². The molecule has 0 aliphatic carbocycles. The number of hydrogen-bond acceptors (Lipinski definition) is 5. The molecule has 0 bridgehead atoms. The number of anilines is 1. The first kappa shape index (κ1) is 23.1. The Morgan fingerprint density at radius 3 is 2.54 bits per heavy atom. The lowest BCUT2D eigenvalue weighted by Crippen LogP contribution is -2.36. The number of piperidine rings is 1. The maximum absolute atomic E-state index is 15.0. The summed E-state index contributed by atoms with van der Waals surface area (Å²) in [5.41, 5.74) is 3.24. The zero-order chi connectivity index (χ0) is 25.8. The van der Waals surface area contributed by atoms with Gasteiger partial charge in [0, 0.05) is 36.7 Å². The molecule has 0 saturated carbocycles. The van der Waals surface area contributed by atoms with E-state index < -0.39 is 11.9 Å². The summed E-state index contributed by atoms with van der Waals surface area (Å²) in [4.78, 5) is 17.9. The average Bonchev–Trinajstić information content (AvgIpc) is 3.44. The van der Waals surface area contributed by atoms with E-state index in [1.165, 1.54) is 10.7 Å². The summed E-state index contributed by atoms with van der Waals surface area (Å²) in [7, 11) is 1.55. The molecule has 1 saturated heterocycles. The number of carboxylic acid groups (broad SMARTS) is 1. The first-order chi connectivity index (χ1) is 17.8. The van der Waals surface area contributed by atoms with Crippen LogP contribution >= 0.6 is 0 Å². The molecule has 3 aromatic heterocycles. The van der Waals surface area contributed by atoms with Gasteiger partial charge in [-0.25, -0.2) is 18.7 Å². The normalized spacial score (nSPS) is 14.6. The summed E-state index contributed by atoms with van der Waals surface area (Å²) in [5.74, 6) is -1.17.